The van der Waals surface area contributed by atoms with Crippen LogP contribution >= 0.6 is 0 Å². The van der Waals surface area contributed by atoms with Crippen molar-refractivity contribution in [3.8, 4) is 17.2 Å². The monoisotopic (exact) mass is 484 g/mol. The Balaban J connectivity index is 2.08. The maximum Gasteiger partial charge on any atom is 0.383 e. The molecule has 194 valence electrons. The van der Waals surface area contributed by atoms with Crippen molar-refractivity contribution in [3.05, 3.63) is 51.9 Å². The van der Waals surface area contributed by atoms with Gasteiger partial charge in [0.1, 0.15) is 23.3 Å². The molecule has 0 spiro atoms. The zero-order valence-electron chi connectivity index (χ0n) is 22.4. The average Bonchev–Trinajstić information content (AvgIpc) is 2.82. The lowest BCUT2D eigenvalue weighted by atomic mass is 10.1. The van der Waals surface area contributed by atoms with Gasteiger partial charge >= 0.3 is 5.63 Å². The predicted octanol–water partition coefficient (Wildman–Crippen LogP) is 8.39. The van der Waals surface area contributed by atoms with Gasteiger partial charge < -0.3 is 18.6 Å². The number of methoxy groups -OCH3 is 1. The molecule has 0 aliphatic carbocycles. The molecule has 0 atom stereocenters. The van der Waals surface area contributed by atoms with Gasteiger partial charge in [0.2, 0.25) is 5.75 Å². The van der Waals surface area contributed by atoms with Crippen molar-refractivity contribution in [1.82, 2.24) is 0 Å². The first-order chi connectivity index (χ1) is 17.0. The van der Waals surface area contributed by atoms with Gasteiger partial charge in [0.15, 0.2) is 5.75 Å². The third kappa shape index (κ3) is 9.83. The Hall–Kier alpha value is -2.69. The van der Waals surface area contributed by atoms with Gasteiger partial charge in [-0.05, 0) is 58.2 Å². The minimum Gasteiger partial charge on any atom is -0.493 e. The number of ether oxygens (including phenoxy) is 3. The van der Waals surface area contributed by atoms with Crippen LogP contribution in [-0.4, -0.2) is 20.3 Å². The third-order valence-corrected chi connectivity index (χ3v) is 6.02. The van der Waals surface area contributed by atoms with E-state index in [1.165, 1.54) is 56.8 Å². The first-order valence-electron chi connectivity index (χ1n) is 13.2. The van der Waals surface area contributed by atoms with Crippen LogP contribution < -0.4 is 19.8 Å². The molecule has 0 radical (unpaired) electrons. The molecule has 1 aromatic heterocycles. The highest BCUT2D eigenvalue weighted by atomic mass is 16.5. The van der Waals surface area contributed by atoms with Gasteiger partial charge in [0, 0.05) is 0 Å². The van der Waals surface area contributed by atoms with Gasteiger partial charge in [-0.25, -0.2) is 4.79 Å². The number of fused-ring (bicyclic) bond motifs is 1. The summed E-state index contributed by atoms with van der Waals surface area (Å²) in [6, 6.07) is 5.48. The molecule has 1 aromatic carbocycles. The van der Waals surface area contributed by atoms with Crippen LogP contribution in [-0.2, 0) is 0 Å². The molecule has 0 aliphatic heterocycles. The fraction of sp³-hybridized carbons (Fsp3) is 0.567. The molecular formula is C30H44O5. The second kappa shape index (κ2) is 16.1. The summed E-state index contributed by atoms with van der Waals surface area (Å²) in [4.78, 5) is 12.5. The zero-order valence-corrected chi connectivity index (χ0v) is 22.4. The normalized spacial score (nSPS) is 11.5. The van der Waals surface area contributed by atoms with E-state index in [0.717, 1.165) is 25.7 Å². The first kappa shape index (κ1) is 28.5. The maximum absolute atomic E-state index is 12.5. The summed E-state index contributed by atoms with van der Waals surface area (Å²) in [5.74, 6) is 1.08. The van der Waals surface area contributed by atoms with Crippen LogP contribution in [0.15, 0.2) is 50.7 Å². The third-order valence-electron chi connectivity index (χ3n) is 6.02. The Kier molecular flexibility index (Phi) is 13.1. The van der Waals surface area contributed by atoms with Crippen molar-refractivity contribution in [2.24, 2.45) is 0 Å². The summed E-state index contributed by atoms with van der Waals surface area (Å²) in [5.41, 5.74) is 2.43. The SMILES string of the molecule is CCCCCCCCCCOc1cccc2oc(=O)c(OC)c(OC/C=C(\C)CCC=C(C)C)c12. The summed E-state index contributed by atoms with van der Waals surface area (Å²) in [7, 11) is 1.45. The second-order valence-electron chi connectivity index (χ2n) is 9.39. The molecule has 2 rings (SSSR count). The van der Waals surface area contributed by atoms with Crippen molar-refractivity contribution in [3.63, 3.8) is 0 Å². The van der Waals surface area contributed by atoms with Gasteiger partial charge in [-0.1, -0.05) is 75.2 Å². The highest BCUT2D eigenvalue weighted by Gasteiger charge is 2.20. The van der Waals surface area contributed by atoms with E-state index in [1.54, 1.807) is 6.07 Å². The predicted molar refractivity (Wildman–Crippen MR) is 145 cm³/mol. The molecule has 1 heterocycles. The van der Waals surface area contributed by atoms with Crippen molar-refractivity contribution < 1.29 is 18.6 Å². The Bertz CT molecular complexity index is 1010. The van der Waals surface area contributed by atoms with Crippen LogP contribution in [0, 0.1) is 0 Å². The number of unbranched alkanes of at least 4 members (excludes halogenated alkanes) is 7. The van der Waals surface area contributed by atoms with Crippen molar-refractivity contribution in [2.75, 3.05) is 20.3 Å². The van der Waals surface area contributed by atoms with Crippen LogP contribution in [0.4, 0.5) is 0 Å². The van der Waals surface area contributed by atoms with Crippen molar-refractivity contribution in [2.45, 2.75) is 91.9 Å². The summed E-state index contributed by atoms with van der Waals surface area (Å²) in [6.45, 7) is 9.49. The molecule has 35 heavy (non-hydrogen) atoms. The van der Waals surface area contributed by atoms with Gasteiger partial charge in [-0.2, -0.15) is 0 Å². The van der Waals surface area contributed by atoms with Gasteiger partial charge in [0.05, 0.1) is 13.7 Å². The molecule has 0 N–H and O–H groups in total. The fourth-order valence-electron chi connectivity index (χ4n) is 3.98. The van der Waals surface area contributed by atoms with Crippen LogP contribution in [0.1, 0.15) is 91.9 Å². The molecule has 0 saturated carbocycles. The number of hydrogen-bond acceptors (Lipinski definition) is 5. The Labute approximate surface area is 211 Å². The van der Waals surface area contributed by atoms with E-state index >= 15 is 0 Å². The second-order valence-corrected chi connectivity index (χ2v) is 9.39. The highest BCUT2D eigenvalue weighted by Crippen LogP contribution is 2.39. The smallest absolute Gasteiger partial charge is 0.383 e. The lowest BCUT2D eigenvalue weighted by Gasteiger charge is -2.15. The fourth-order valence-corrected chi connectivity index (χ4v) is 3.98. The topological polar surface area (TPSA) is 57.9 Å². The molecule has 5 heteroatoms. The first-order valence-corrected chi connectivity index (χ1v) is 13.2. The van der Waals surface area contributed by atoms with E-state index < -0.39 is 5.63 Å². The van der Waals surface area contributed by atoms with E-state index in [9.17, 15) is 4.79 Å². The Morgan fingerprint density at radius 1 is 0.914 bits per heavy atom. The summed E-state index contributed by atoms with van der Waals surface area (Å²) >= 11 is 0. The van der Waals surface area contributed by atoms with Crippen LogP contribution in [0.25, 0.3) is 11.0 Å². The van der Waals surface area contributed by atoms with Gasteiger partial charge in [-0.3, -0.25) is 0 Å². The Morgan fingerprint density at radius 2 is 1.63 bits per heavy atom. The average molecular weight is 485 g/mol. The number of allylic oxidation sites excluding steroid dienone is 3. The Morgan fingerprint density at radius 3 is 2.31 bits per heavy atom. The molecule has 0 aliphatic rings. The molecule has 2 aromatic rings. The van der Waals surface area contributed by atoms with E-state index in [1.807, 2.05) is 18.2 Å². The largest absolute Gasteiger partial charge is 0.493 e. The zero-order chi connectivity index (χ0) is 25.5. The summed E-state index contributed by atoms with van der Waals surface area (Å²) < 4.78 is 23.1. The van der Waals surface area contributed by atoms with E-state index in [-0.39, 0.29) is 5.75 Å². The quantitative estimate of drug-likeness (QED) is 0.128. The van der Waals surface area contributed by atoms with Gasteiger partial charge in [-0.15, -0.1) is 0 Å². The number of hydrogen-bond donors (Lipinski definition) is 0. The van der Waals surface area contributed by atoms with E-state index in [4.69, 9.17) is 18.6 Å². The minimum absolute atomic E-state index is 0.0659. The highest BCUT2D eigenvalue weighted by molar-refractivity contribution is 5.91. The van der Waals surface area contributed by atoms with Gasteiger partial charge in [0.25, 0.3) is 0 Å². The molecule has 0 saturated heterocycles. The lowest BCUT2D eigenvalue weighted by Crippen LogP contribution is -2.09. The summed E-state index contributed by atoms with van der Waals surface area (Å²) in [6.07, 6.45) is 16.2. The maximum atomic E-state index is 12.5. The molecule has 0 amide bonds. The molecule has 0 bridgehead atoms. The number of benzene rings is 1. The van der Waals surface area contributed by atoms with Crippen LogP contribution in [0.2, 0.25) is 0 Å². The number of rotatable bonds is 17. The van der Waals surface area contributed by atoms with Crippen LogP contribution in [0.3, 0.4) is 0 Å². The molecule has 5 nitrogen and oxygen atoms in total. The van der Waals surface area contributed by atoms with E-state index in [0.29, 0.717) is 35.7 Å². The summed E-state index contributed by atoms with van der Waals surface area (Å²) in [5, 5.41) is 0.638. The van der Waals surface area contributed by atoms with E-state index in [2.05, 4.69) is 33.8 Å². The van der Waals surface area contributed by atoms with Crippen LogP contribution in [0.5, 0.6) is 17.2 Å². The minimum atomic E-state index is -0.556. The van der Waals surface area contributed by atoms with Crippen molar-refractivity contribution >= 4 is 11.0 Å². The lowest BCUT2D eigenvalue weighted by molar-refractivity contribution is 0.298. The molecule has 0 unspecified atom stereocenters. The molecular weight excluding hydrogens is 440 g/mol. The van der Waals surface area contributed by atoms with Crippen molar-refractivity contribution in [1.29, 1.82) is 0 Å². The standard InChI is InChI=1S/C30H44O5/c1-6-7-8-9-10-11-12-13-21-33-25-18-15-19-26-27(25)28(29(32-5)30(31)35-26)34-22-20-24(4)17-14-16-23(2)3/h15-16,18-20H,6-14,17,21-22H2,1-5H3/b24-20+. The molecule has 0 fully saturated rings.